The van der Waals surface area contributed by atoms with Gasteiger partial charge in [0.25, 0.3) is 0 Å². The van der Waals surface area contributed by atoms with Gasteiger partial charge in [-0.1, -0.05) is 48.5 Å². The molecule has 9 nitrogen and oxygen atoms in total. The molecule has 0 bridgehead atoms. The Labute approximate surface area is 201 Å². The lowest BCUT2D eigenvalue weighted by Gasteiger charge is -2.09. The second kappa shape index (κ2) is 10.2. The number of hydrogen-bond acceptors (Lipinski definition) is 7. The Morgan fingerprint density at radius 1 is 1.06 bits per heavy atom. The predicted octanol–water partition coefficient (Wildman–Crippen LogP) is 3.69. The van der Waals surface area contributed by atoms with Gasteiger partial charge in [-0.15, -0.1) is 0 Å². The van der Waals surface area contributed by atoms with Crippen LogP contribution in [0.15, 0.2) is 89.5 Å². The predicted molar refractivity (Wildman–Crippen MR) is 128 cm³/mol. The van der Waals surface area contributed by atoms with E-state index < -0.39 is 28.4 Å². The van der Waals surface area contributed by atoms with Crippen LogP contribution in [0.2, 0.25) is 0 Å². The lowest BCUT2D eigenvalue weighted by molar-refractivity contribution is 0.0502. The van der Waals surface area contributed by atoms with E-state index >= 15 is 0 Å². The van der Waals surface area contributed by atoms with Crippen molar-refractivity contribution in [2.75, 3.05) is 6.61 Å². The number of aromatic nitrogens is 2. The second-order valence-electron chi connectivity index (χ2n) is 7.45. The molecule has 3 aromatic carbocycles. The van der Waals surface area contributed by atoms with E-state index in [4.69, 9.17) is 4.74 Å². The Morgan fingerprint density at radius 2 is 1.80 bits per heavy atom. The Balaban J connectivity index is 1.46. The largest absolute Gasteiger partial charge is 0.507 e. The highest BCUT2D eigenvalue weighted by Crippen LogP contribution is 2.19. The number of para-hydroxylation sites is 2. The number of H-pyrrole nitrogens is 1. The Hall–Kier alpha value is -4.46. The summed E-state index contributed by atoms with van der Waals surface area (Å²) in [6.07, 6.45) is 0. The number of esters is 1. The average molecular weight is 489 g/mol. The molecule has 0 aliphatic carbocycles. The number of carbonyl (C=O) groups is 1. The zero-order valence-corrected chi connectivity index (χ0v) is 19.1. The number of hydrogen-bond donors (Lipinski definition) is 3. The van der Waals surface area contributed by atoms with Gasteiger partial charge >= 0.3 is 5.97 Å². The fourth-order valence-electron chi connectivity index (χ4n) is 3.26. The third-order valence-corrected chi connectivity index (χ3v) is 6.45. The van der Waals surface area contributed by atoms with Crippen LogP contribution >= 0.6 is 0 Å². The van der Waals surface area contributed by atoms with E-state index in [-0.39, 0.29) is 28.4 Å². The van der Waals surface area contributed by atoms with Crippen molar-refractivity contribution in [3.63, 3.8) is 0 Å². The molecule has 10 heteroatoms. The van der Waals surface area contributed by atoms with Crippen molar-refractivity contribution in [1.29, 1.82) is 5.26 Å². The van der Waals surface area contributed by atoms with E-state index in [1.807, 2.05) is 12.1 Å². The molecule has 4 rings (SSSR count). The number of allylic oxidation sites excluding steroid dienone is 1. The van der Waals surface area contributed by atoms with E-state index in [2.05, 4.69) is 14.7 Å². The molecule has 0 amide bonds. The van der Waals surface area contributed by atoms with E-state index in [0.29, 0.717) is 11.0 Å². The Bertz CT molecular complexity index is 1520. The van der Waals surface area contributed by atoms with Gasteiger partial charge in [0.05, 0.1) is 21.5 Å². The number of nitriles is 1. The summed E-state index contributed by atoms with van der Waals surface area (Å²) in [5, 5.41) is 19.8. The molecule has 35 heavy (non-hydrogen) atoms. The fourth-order valence-corrected chi connectivity index (χ4v) is 4.33. The summed E-state index contributed by atoms with van der Waals surface area (Å²) in [6.45, 7) is -0.503. The molecule has 0 saturated carbocycles. The first kappa shape index (κ1) is 23.7. The second-order valence-corrected chi connectivity index (χ2v) is 9.22. The van der Waals surface area contributed by atoms with Gasteiger partial charge in [0.2, 0.25) is 10.0 Å². The van der Waals surface area contributed by atoms with E-state index in [1.165, 1.54) is 24.3 Å². The van der Waals surface area contributed by atoms with Gasteiger partial charge in [-0.05, 0) is 35.9 Å². The van der Waals surface area contributed by atoms with Crippen molar-refractivity contribution >= 4 is 32.6 Å². The van der Waals surface area contributed by atoms with Gasteiger partial charge in [-0.3, -0.25) is 0 Å². The first-order valence-electron chi connectivity index (χ1n) is 10.5. The molecule has 0 unspecified atom stereocenters. The van der Waals surface area contributed by atoms with Crippen LogP contribution in [0, 0.1) is 11.3 Å². The maximum absolute atomic E-state index is 12.6. The lowest BCUT2D eigenvalue weighted by atomic mass is 10.2. The quantitative estimate of drug-likeness (QED) is 0.195. The fraction of sp³-hybridized carbons (Fsp3) is 0.0800. The summed E-state index contributed by atoms with van der Waals surface area (Å²) in [6, 6.07) is 23.3. The number of rotatable bonds is 8. The highest BCUT2D eigenvalue weighted by Gasteiger charge is 2.19. The molecular weight excluding hydrogens is 468 g/mol. The highest BCUT2D eigenvalue weighted by molar-refractivity contribution is 7.89. The van der Waals surface area contributed by atoms with E-state index in [0.717, 1.165) is 5.56 Å². The van der Waals surface area contributed by atoms with Crippen LogP contribution < -0.4 is 4.72 Å². The third-order valence-electron chi connectivity index (χ3n) is 5.06. The Kier molecular flexibility index (Phi) is 6.91. The normalized spacial score (nSPS) is 12.1. The number of sulfonamides is 1. The van der Waals surface area contributed by atoms with Crippen molar-refractivity contribution in [3.8, 4) is 6.07 Å². The van der Waals surface area contributed by atoms with Crippen molar-refractivity contribution in [3.05, 3.63) is 102 Å². The van der Waals surface area contributed by atoms with Crippen LogP contribution in [-0.2, 0) is 21.3 Å². The highest BCUT2D eigenvalue weighted by atomic mass is 32.2. The molecule has 0 fully saturated rings. The summed E-state index contributed by atoms with van der Waals surface area (Å²) in [7, 11) is -3.88. The number of aromatic amines is 1. The van der Waals surface area contributed by atoms with Gasteiger partial charge < -0.3 is 14.8 Å². The number of benzene rings is 3. The van der Waals surface area contributed by atoms with Gasteiger partial charge in [-0.2, -0.15) is 5.26 Å². The molecule has 0 aliphatic heterocycles. The monoisotopic (exact) mass is 488 g/mol. The lowest BCUT2D eigenvalue weighted by Crippen LogP contribution is -2.23. The van der Waals surface area contributed by atoms with Gasteiger partial charge in [0.1, 0.15) is 18.2 Å². The summed E-state index contributed by atoms with van der Waals surface area (Å²) < 4.78 is 32.9. The molecule has 3 N–H and O–H groups in total. The summed E-state index contributed by atoms with van der Waals surface area (Å²) >= 11 is 0. The molecule has 4 aromatic rings. The number of ether oxygens (including phenoxy) is 1. The van der Waals surface area contributed by atoms with Crippen molar-refractivity contribution in [1.82, 2.24) is 14.7 Å². The van der Waals surface area contributed by atoms with Crippen LogP contribution in [0.4, 0.5) is 0 Å². The van der Waals surface area contributed by atoms with Crippen LogP contribution in [0.25, 0.3) is 16.6 Å². The molecule has 1 heterocycles. The maximum atomic E-state index is 12.6. The summed E-state index contributed by atoms with van der Waals surface area (Å²) in [5.74, 6) is -1.22. The Morgan fingerprint density at radius 3 is 2.54 bits per heavy atom. The minimum absolute atomic E-state index is 0.0253. The molecule has 1 aromatic heterocycles. The first-order valence-corrected chi connectivity index (χ1v) is 11.9. The number of nitrogens with one attached hydrogen (secondary N) is 2. The van der Waals surface area contributed by atoms with Crippen LogP contribution in [0.5, 0.6) is 0 Å². The number of nitrogens with zero attached hydrogens (tertiary/aromatic N) is 2. The van der Waals surface area contributed by atoms with Gasteiger partial charge in [0, 0.05) is 6.54 Å². The number of aliphatic hydroxyl groups excluding tert-OH is 1. The van der Waals surface area contributed by atoms with Crippen LogP contribution in [0.1, 0.15) is 21.7 Å². The van der Waals surface area contributed by atoms with Crippen LogP contribution in [0.3, 0.4) is 0 Å². The number of aliphatic hydroxyl groups is 1. The minimum Gasteiger partial charge on any atom is -0.507 e. The standard InChI is InChI=1S/C25H20N4O5S/c26-14-20(24-28-21-11-4-5-12-22(21)29-24)23(30)16-34-25(31)18-9-6-10-19(13-18)35(32,33)27-15-17-7-2-1-3-8-17/h1-13,27,30H,15-16H2,(H,28,29)/b23-20-. The number of fused-ring (bicyclic) bond motifs is 1. The molecule has 0 aliphatic rings. The molecule has 0 radical (unpaired) electrons. The average Bonchev–Trinajstić information content (AvgIpc) is 3.31. The molecule has 176 valence electrons. The number of imidazole rings is 1. The maximum Gasteiger partial charge on any atom is 0.338 e. The topological polar surface area (TPSA) is 145 Å². The SMILES string of the molecule is N#C/C(=C(/O)COC(=O)c1cccc(S(=O)(=O)NCc2ccccc2)c1)c1nc2ccccc2[nH]1. The zero-order valence-electron chi connectivity index (χ0n) is 18.3. The smallest absolute Gasteiger partial charge is 0.338 e. The van der Waals surface area contributed by atoms with E-state index in [9.17, 15) is 23.6 Å². The minimum atomic E-state index is -3.88. The van der Waals surface area contributed by atoms with E-state index in [1.54, 1.807) is 48.5 Å². The van der Waals surface area contributed by atoms with Gasteiger partial charge in [0.15, 0.2) is 11.6 Å². The zero-order chi connectivity index (χ0) is 24.8. The molecule has 0 atom stereocenters. The third kappa shape index (κ3) is 5.55. The molecule has 0 spiro atoms. The van der Waals surface area contributed by atoms with Crippen LogP contribution in [-0.4, -0.2) is 36.1 Å². The van der Waals surface area contributed by atoms with Crippen molar-refractivity contribution < 1.29 is 23.1 Å². The summed E-state index contributed by atoms with van der Waals surface area (Å²) in [4.78, 5) is 19.6. The van der Waals surface area contributed by atoms with Crippen molar-refractivity contribution in [2.24, 2.45) is 0 Å². The van der Waals surface area contributed by atoms with Gasteiger partial charge in [-0.25, -0.2) is 22.9 Å². The molecular formula is C25H20N4O5S. The first-order chi connectivity index (χ1) is 16.9. The van der Waals surface area contributed by atoms with Crippen molar-refractivity contribution in [2.45, 2.75) is 11.4 Å². The summed E-state index contributed by atoms with van der Waals surface area (Å²) in [5.41, 5.74) is 1.88. The molecule has 0 saturated heterocycles. The number of carbonyl (C=O) groups excluding carboxylic acids is 1.